The third kappa shape index (κ3) is 4.06. The lowest BCUT2D eigenvalue weighted by Gasteiger charge is -2.10. The molecule has 0 saturated heterocycles. The fraction of sp³-hybridized carbons (Fsp3) is 0.357. The second kappa shape index (κ2) is 7.05. The predicted octanol–water partition coefficient (Wildman–Crippen LogP) is 2.30. The first-order valence-corrected chi connectivity index (χ1v) is 6.50. The van der Waals surface area contributed by atoms with Crippen LogP contribution in [0.4, 0.5) is 0 Å². The monoisotopic (exact) mass is 298 g/mol. The van der Waals surface area contributed by atoms with E-state index in [0.717, 1.165) is 0 Å². The summed E-state index contributed by atoms with van der Waals surface area (Å²) >= 11 is 5.72. The van der Waals surface area contributed by atoms with Crippen LogP contribution in [-0.2, 0) is 16.0 Å². The summed E-state index contributed by atoms with van der Waals surface area (Å²) in [5, 5.41) is 8.10. The van der Waals surface area contributed by atoms with Gasteiger partial charge in [0.25, 0.3) is 0 Å². The first-order valence-electron chi connectivity index (χ1n) is 6.07. The number of alkyl halides is 1. The Hall–Kier alpha value is -1.88. The minimum Gasteiger partial charge on any atom is -0.481 e. The zero-order valence-electron chi connectivity index (χ0n) is 11.2. The smallest absolute Gasteiger partial charge is 0.338 e. The van der Waals surface area contributed by atoms with E-state index in [1.165, 1.54) is 25.1 Å². The maximum atomic E-state index is 11.8. The Kier molecular flexibility index (Phi) is 5.70. The van der Waals surface area contributed by atoms with Crippen LogP contribution in [0.3, 0.4) is 0 Å². The molecule has 1 atom stereocenters. The Labute approximate surface area is 121 Å². The number of esters is 1. The molecule has 1 aromatic carbocycles. The summed E-state index contributed by atoms with van der Waals surface area (Å²) in [5.41, 5.74) is 0.636. The summed E-state index contributed by atoms with van der Waals surface area (Å²) in [5.74, 6) is -2.06. The molecular weight excluding hydrogens is 284 g/mol. The Morgan fingerprint density at radius 3 is 2.50 bits per heavy atom. The highest BCUT2D eigenvalue weighted by Crippen LogP contribution is 2.17. The Bertz CT molecular complexity index is 536. The van der Waals surface area contributed by atoms with Gasteiger partial charge in [-0.2, -0.15) is 0 Å². The van der Waals surface area contributed by atoms with Crippen LogP contribution in [0.15, 0.2) is 18.2 Å². The number of ether oxygens (including phenoxy) is 1. The third-order valence-corrected chi connectivity index (χ3v) is 2.79. The van der Waals surface area contributed by atoms with Crippen LogP contribution < -0.4 is 0 Å². The van der Waals surface area contributed by atoms with E-state index in [2.05, 4.69) is 0 Å². The van der Waals surface area contributed by atoms with Gasteiger partial charge in [0, 0.05) is 5.56 Å². The van der Waals surface area contributed by atoms with E-state index < -0.39 is 17.3 Å². The highest BCUT2D eigenvalue weighted by molar-refractivity contribution is 6.33. The van der Waals surface area contributed by atoms with Crippen LogP contribution in [0.25, 0.3) is 0 Å². The summed E-state index contributed by atoms with van der Waals surface area (Å²) in [6.45, 7) is 3.33. The molecule has 0 amide bonds. The largest absolute Gasteiger partial charge is 0.481 e. The lowest BCUT2D eigenvalue weighted by molar-refractivity contribution is -0.136. The average molecular weight is 299 g/mol. The molecule has 0 radical (unpaired) electrons. The van der Waals surface area contributed by atoms with Gasteiger partial charge in [0.2, 0.25) is 0 Å². The van der Waals surface area contributed by atoms with Crippen molar-refractivity contribution in [2.45, 2.75) is 25.6 Å². The molecular formula is C14H15ClO5. The van der Waals surface area contributed by atoms with Gasteiger partial charge in [0.1, 0.15) is 0 Å². The van der Waals surface area contributed by atoms with Crippen LogP contribution in [-0.4, -0.2) is 34.8 Å². The second-order valence-corrected chi connectivity index (χ2v) is 4.80. The number of carboxylic acid groups (broad SMARTS) is 1. The molecule has 1 N–H and O–H groups in total. The molecule has 0 saturated carbocycles. The molecule has 1 rings (SSSR count). The van der Waals surface area contributed by atoms with E-state index in [-0.39, 0.29) is 29.9 Å². The van der Waals surface area contributed by atoms with Gasteiger partial charge in [-0.1, -0.05) is 12.1 Å². The maximum absolute atomic E-state index is 11.8. The number of halogens is 1. The fourth-order valence-corrected chi connectivity index (χ4v) is 1.80. The Balaban J connectivity index is 3.24. The zero-order valence-corrected chi connectivity index (χ0v) is 11.9. The lowest BCUT2D eigenvalue weighted by Crippen LogP contribution is -2.15. The quantitative estimate of drug-likeness (QED) is 0.495. The van der Waals surface area contributed by atoms with Crippen molar-refractivity contribution in [1.82, 2.24) is 0 Å². The SMILES string of the molecule is CCOC(=O)c1cc(C(=O)C(C)Cl)ccc1CC(=O)O. The highest BCUT2D eigenvalue weighted by atomic mass is 35.5. The molecule has 1 unspecified atom stereocenters. The van der Waals surface area contributed by atoms with Gasteiger partial charge in [-0.05, 0) is 25.5 Å². The van der Waals surface area contributed by atoms with Crippen molar-refractivity contribution >= 4 is 29.3 Å². The fourth-order valence-electron chi connectivity index (χ4n) is 1.68. The van der Waals surface area contributed by atoms with Crippen molar-refractivity contribution < 1.29 is 24.2 Å². The summed E-state index contributed by atoms with van der Waals surface area (Å²) in [4.78, 5) is 34.4. The van der Waals surface area contributed by atoms with Crippen LogP contribution in [0.1, 0.15) is 40.1 Å². The number of Topliss-reactive ketones (excluding diaryl/α,β-unsaturated/α-hetero) is 1. The minimum absolute atomic E-state index is 0.0809. The number of aliphatic carboxylic acids is 1. The molecule has 0 aliphatic rings. The van der Waals surface area contributed by atoms with E-state index in [0.29, 0.717) is 5.56 Å². The van der Waals surface area contributed by atoms with Gasteiger partial charge in [-0.15, -0.1) is 11.6 Å². The molecule has 0 aliphatic heterocycles. The number of benzene rings is 1. The lowest BCUT2D eigenvalue weighted by atomic mass is 9.98. The normalized spacial score (nSPS) is 11.8. The number of carboxylic acids is 1. The van der Waals surface area contributed by atoms with Gasteiger partial charge in [-0.25, -0.2) is 4.79 Å². The predicted molar refractivity (Wildman–Crippen MR) is 73.4 cm³/mol. The van der Waals surface area contributed by atoms with Crippen LogP contribution >= 0.6 is 11.6 Å². The summed E-state index contributed by atoms with van der Waals surface area (Å²) in [7, 11) is 0. The third-order valence-electron chi connectivity index (χ3n) is 2.59. The second-order valence-electron chi connectivity index (χ2n) is 4.14. The number of hydrogen-bond acceptors (Lipinski definition) is 4. The molecule has 0 aliphatic carbocycles. The van der Waals surface area contributed by atoms with Gasteiger partial charge in [-0.3, -0.25) is 9.59 Å². The number of ketones is 1. The van der Waals surface area contributed by atoms with Gasteiger partial charge in [0.15, 0.2) is 5.78 Å². The molecule has 1 aromatic rings. The molecule has 0 bridgehead atoms. The van der Waals surface area contributed by atoms with Crippen molar-refractivity contribution in [3.05, 3.63) is 34.9 Å². The first-order chi connectivity index (χ1) is 9.36. The Morgan fingerprint density at radius 2 is 2.00 bits per heavy atom. The van der Waals surface area contributed by atoms with Crippen molar-refractivity contribution in [2.24, 2.45) is 0 Å². The molecule has 108 valence electrons. The highest BCUT2D eigenvalue weighted by Gasteiger charge is 2.19. The van der Waals surface area contributed by atoms with Gasteiger partial charge >= 0.3 is 11.9 Å². The van der Waals surface area contributed by atoms with Crippen molar-refractivity contribution in [3.63, 3.8) is 0 Å². The Morgan fingerprint density at radius 1 is 1.35 bits per heavy atom. The topological polar surface area (TPSA) is 80.7 Å². The minimum atomic E-state index is -1.07. The van der Waals surface area contributed by atoms with Crippen molar-refractivity contribution in [3.8, 4) is 0 Å². The number of carbonyl (C=O) groups excluding carboxylic acids is 2. The maximum Gasteiger partial charge on any atom is 0.338 e. The number of hydrogen-bond donors (Lipinski definition) is 1. The van der Waals surface area contributed by atoms with E-state index in [1.807, 2.05) is 0 Å². The van der Waals surface area contributed by atoms with E-state index in [1.54, 1.807) is 6.92 Å². The number of carbonyl (C=O) groups is 3. The standard InChI is InChI=1S/C14H15ClO5/c1-3-20-14(19)11-6-10(13(18)8(2)15)5-4-9(11)7-12(16)17/h4-6,8H,3,7H2,1-2H3,(H,16,17). The van der Waals surface area contributed by atoms with E-state index >= 15 is 0 Å². The van der Waals surface area contributed by atoms with Crippen molar-refractivity contribution in [1.29, 1.82) is 0 Å². The summed E-state index contributed by atoms with van der Waals surface area (Å²) in [6, 6.07) is 4.23. The molecule has 0 fully saturated rings. The molecule has 20 heavy (non-hydrogen) atoms. The summed E-state index contributed by atoms with van der Waals surface area (Å²) < 4.78 is 4.87. The molecule has 0 aromatic heterocycles. The van der Waals surface area contributed by atoms with E-state index in [4.69, 9.17) is 21.4 Å². The van der Waals surface area contributed by atoms with Crippen LogP contribution in [0.2, 0.25) is 0 Å². The summed E-state index contributed by atoms with van der Waals surface area (Å²) in [6.07, 6.45) is -0.320. The zero-order chi connectivity index (χ0) is 15.3. The molecule has 5 nitrogen and oxygen atoms in total. The van der Waals surface area contributed by atoms with Gasteiger partial charge in [0.05, 0.1) is 24.0 Å². The molecule has 0 heterocycles. The van der Waals surface area contributed by atoms with Gasteiger partial charge < -0.3 is 9.84 Å². The van der Waals surface area contributed by atoms with Crippen molar-refractivity contribution in [2.75, 3.05) is 6.61 Å². The molecule has 0 spiro atoms. The number of rotatable bonds is 6. The first kappa shape index (κ1) is 16.2. The van der Waals surface area contributed by atoms with Crippen LogP contribution in [0, 0.1) is 0 Å². The van der Waals surface area contributed by atoms with Crippen LogP contribution in [0.5, 0.6) is 0 Å². The molecule has 6 heteroatoms. The van der Waals surface area contributed by atoms with E-state index in [9.17, 15) is 14.4 Å². The average Bonchev–Trinajstić information content (AvgIpc) is 2.37.